The molecule has 0 radical (unpaired) electrons. The van der Waals surface area contributed by atoms with Crippen molar-refractivity contribution >= 4 is 11.6 Å². The molecule has 1 unspecified atom stereocenters. The maximum atomic E-state index is 13.5. The highest BCUT2D eigenvalue weighted by Crippen LogP contribution is 2.44. The molecule has 34 heavy (non-hydrogen) atoms. The number of carbonyl (C=O) groups is 1. The van der Waals surface area contributed by atoms with Crippen LogP contribution in [0.4, 0.5) is 5.69 Å². The number of aromatic amines is 1. The lowest BCUT2D eigenvalue weighted by molar-refractivity contribution is -0.384. The van der Waals surface area contributed by atoms with Gasteiger partial charge in [-0.1, -0.05) is 48.5 Å². The minimum atomic E-state index is -0.554. The summed E-state index contributed by atoms with van der Waals surface area (Å²) in [6.45, 7) is 0.438. The number of nitro groups is 1. The van der Waals surface area contributed by atoms with Gasteiger partial charge in [0, 0.05) is 29.8 Å². The van der Waals surface area contributed by atoms with Crippen LogP contribution in [0.5, 0.6) is 11.5 Å². The van der Waals surface area contributed by atoms with Crippen molar-refractivity contribution in [3.63, 3.8) is 0 Å². The molecule has 1 atom stereocenters. The number of hydrogen-bond acceptors (Lipinski definition) is 6. The first kappa shape index (κ1) is 20.0. The molecule has 4 aromatic rings. The Bertz CT molecular complexity index is 1430. The van der Waals surface area contributed by atoms with Gasteiger partial charge in [-0.25, -0.2) is 0 Å². The van der Waals surface area contributed by atoms with Crippen LogP contribution in [-0.4, -0.2) is 32.7 Å². The second-order valence-corrected chi connectivity index (χ2v) is 8.10. The van der Waals surface area contributed by atoms with Crippen molar-refractivity contribution in [3.8, 4) is 22.8 Å². The summed E-state index contributed by atoms with van der Waals surface area (Å²) < 4.78 is 10.9. The van der Waals surface area contributed by atoms with Crippen LogP contribution in [0, 0.1) is 10.1 Å². The highest BCUT2D eigenvalue weighted by Gasteiger charge is 2.42. The molecule has 168 valence electrons. The largest absolute Gasteiger partial charge is 0.454 e. The fourth-order valence-corrected chi connectivity index (χ4v) is 4.57. The molecule has 1 aromatic heterocycles. The van der Waals surface area contributed by atoms with Crippen molar-refractivity contribution < 1.29 is 19.2 Å². The fraction of sp³-hybridized carbons (Fsp3) is 0.120. The van der Waals surface area contributed by atoms with E-state index in [2.05, 4.69) is 10.2 Å². The number of benzene rings is 3. The Morgan fingerprint density at radius 1 is 1.03 bits per heavy atom. The minimum Gasteiger partial charge on any atom is -0.454 e. The van der Waals surface area contributed by atoms with Gasteiger partial charge >= 0.3 is 0 Å². The Morgan fingerprint density at radius 2 is 1.85 bits per heavy atom. The average molecular weight is 454 g/mol. The molecule has 0 aliphatic carbocycles. The quantitative estimate of drug-likeness (QED) is 0.352. The first-order chi connectivity index (χ1) is 16.6. The number of amides is 1. The summed E-state index contributed by atoms with van der Waals surface area (Å²) in [5, 5.41) is 18.8. The molecule has 0 saturated heterocycles. The van der Waals surface area contributed by atoms with E-state index in [0.717, 1.165) is 11.1 Å². The van der Waals surface area contributed by atoms with Gasteiger partial charge in [-0.05, 0) is 23.3 Å². The number of nitrogens with zero attached hydrogens (tertiary/aromatic N) is 3. The van der Waals surface area contributed by atoms with Crippen LogP contribution in [0.2, 0.25) is 0 Å². The second-order valence-electron chi connectivity index (χ2n) is 8.10. The molecule has 0 bridgehead atoms. The summed E-state index contributed by atoms with van der Waals surface area (Å²) in [6, 6.07) is 20.9. The van der Waals surface area contributed by atoms with Crippen LogP contribution in [0.15, 0.2) is 72.8 Å². The first-order valence-corrected chi connectivity index (χ1v) is 10.7. The first-order valence-electron chi connectivity index (χ1n) is 10.7. The Balaban J connectivity index is 1.48. The third-order valence-electron chi connectivity index (χ3n) is 6.10. The van der Waals surface area contributed by atoms with Gasteiger partial charge in [0.2, 0.25) is 6.79 Å². The lowest BCUT2D eigenvalue weighted by Gasteiger charge is -2.26. The van der Waals surface area contributed by atoms with Gasteiger partial charge in [0.15, 0.2) is 11.5 Å². The number of rotatable bonds is 5. The van der Waals surface area contributed by atoms with E-state index in [1.54, 1.807) is 17.0 Å². The zero-order valence-electron chi connectivity index (χ0n) is 17.8. The Kier molecular flexibility index (Phi) is 4.54. The van der Waals surface area contributed by atoms with E-state index in [1.165, 1.54) is 12.1 Å². The summed E-state index contributed by atoms with van der Waals surface area (Å²) in [4.78, 5) is 26.3. The van der Waals surface area contributed by atoms with Gasteiger partial charge in [0.1, 0.15) is 5.69 Å². The Labute approximate surface area is 193 Å². The molecule has 6 rings (SSSR count). The molecular formula is C25H18N4O5. The highest BCUT2D eigenvalue weighted by atomic mass is 16.7. The van der Waals surface area contributed by atoms with Gasteiger partial charge in [-0.3, -0.25) is 20.0 Å². The van der Waals surface area contributed by atoms with Crippen LogP contribution in [0.25, 0.3) is 11.3 Å². The smallest absolute Gasteiger partial charge is 0.273 e. The summed E-state index contributed by atoms with van der Waals surface area (Å²) in [5.74, 6) is 1.06. The standard InChI is InChI=1S/C25H18N4O5/c30-25-23-21(22(26-27-23)16-5-2-1-3-6-16)24(17-7-4-8-18(12-17)29(31)32)28(25)13-15-9-10-19-20(11-15)34-14-33-19/h1-12,24H,13-14H2,(H,26,27). The normalized spacial score (nSPS) is 16.1. The molecule has 1 N–H and O–H groups in total. The summed E-state index contributed by atoms with van der Waals surface area (Å²) in [7, 11) is 0. The van der Waals surface area contributed by atoms with Gasteiger partial charge < -0.3 is 14.4 Å². The van der Waals surface area contributed by atoms with Gasteiger partial charge in [-0.2, -0.15) is 5.10 Å². The van der Waals surface area contributed by atoms with Gasteiger partial charge in [0.05, 0.1) is 16.7 Å². The van der Waals surface area contributed by atoms with Gasteiger partial charge in [-0.15, -0.1) is 0 Å². The third kappa shape index (κ3) is 3.17. The van der Waals surface area contributed by atoms with E-state index in [0.29, 0.717) is 34.0 Å². The van der Waals surface area contributed by atoms with Crippen molar-refractivity contribution in [1.82, 2.24) is 15.1 Å². The number of nitrogens with one attached hydrogen (secondary N) is 1. The van der Waals surface area contributed by atoms with E-state index in [9.17, 15) is 14.9 Å². The zero-order chi connectivity index (χ0) is 23.2. The van der Waals surface area contributed by atoms with Crippen LogP contribution in [0.3, 0.4) is 0 Å². The number of non-ortho nitro benzene ring substituents is 1. The average Bonchev–Trinajstić information content (AvgIpc) is 3.56. The van der Waals surface area contributed by atoms with E-state index in [4.69, 9.17) is 9.47 Å². The van der Waals surface area contributed by atoms with Crippen molar-refractivity contribution in [1.29, 1.82) is 0 Å². The molecule has 0 fully saturated rings. The van der Waals surface area contributed by atoms with E-state index < -0.39 is 11.0 Å². The number of carbonyl (C=O) groups excluding carboxylic acids is 1. The molecule has 1 amide bonds. The number of hydrogen-bond donors (Lipinski definition) is 1. The number of nitro benzene ring substituents is 1. The molecule has 0 spiro atoms. The van der Waals surface area contributed by atoms with Crippen molar-refractivity contribution in [3.05, 3.63) is 105 Å². The Morgan fingerprint density at radius 3 is 2.68 bits per heavy atom. The molecule has 9 heteroatoms. The highest BCUT2D eigenvalue weighted by molar-refractivity contribution is 6.00. The summed E-state index contributed by atoms with van der Waals surface area (Å²) >= 11 is 0. The van der Waals surface area contributed by atoms with E-state index in [1.807, 2.05) is 48.5 Å². The molecular weight excluding hydrogens is 436 g/mol. The van der Waals surface area contributed by atoms with E-state index >= 15 is 0 Å². The predicted octanol–water partition coefficient (Wildman–Crippen LogP) is 4.46. The summed E-state index contributed by atoms with van der Waals surface area (Å²) in [5.41, 5.74) is 4.05. The second kappa shape index (κ2) is 7.73. The van der Waals surface area contributed by atoms with Gasteiger partial charge in [0.25, 0.3) is 11.6 Å². The minimum absolute atomic E-state index is 0.0359. The topological polar surface area (TPSA) is 111 Å². The maximum absolute atomic E-state index is 13.5. The monoisotopic (exact) mass is 454 g/mol. The SMILES string of the molecule is O=C1c2[nH]nc(-c3ccccc3)c2C(c2cccc([N+](=O)[O-])c2)N1Cc1ccc2c(c1)OCO2. The number of ether oxygens (including phenoxy) is 2. The zero-order valence-corrected chi connectivity index (χ0v) is 17.8. The predicted molar refractivity (Wildman–Crippen MR) is 121 cm³/mol. The van der Waals surface area contributed by atoms with Crippen molar-refractivity contribution in [2.75, 3.05) is 6.79 Å². The number of H-pyrrole nitrogens is 1. The molecule has 2 aliphatic rings. The molecule has 3 heterocycles. The fourth-order valence-electron chi connectivity index (χ4n) is 4.57. The number of aromatic nitrogens is 2. The lowest BCUT2D eigenvalue weighted by Crippen LogP contribution is -2.29. The Hall–Kier alpha value is -4.66. The van der Waals surface area contributed by atoms with Crippen LogP contribution < -0.4 is 9.47 Å². The van der Waals surface area contributed by atoms with Crippen LogP contribution >= 0.6 is 0 Å². The molecule has 9 nitrogen and oxygen atoms in total. The van der Waals surface area contributed by atoms with Crippen LogP contribution in [-0.2, 0) is 6.54 Å². The lowest BCUT2D eigenvalue weighted by atomic mass is 9.95. The van der Waals surface area contributed by atoms with Crippen molar-refractivity contribution in [2.45, 2.75) is 12.6 Å². The maximum Gasteiger partial charge on any atom is 0.273 e. The van der Waals surface area contributed by atoms with Crippen LogP contribution in [0.1, 0.15) is 33.2 Å². The third-order valence-corrected chi connectivity index (χ3v) is 6.10. The summed E-state index contributed by atoms with van der Waals surface area (Å²) in [6.07, 6.45) is 0. The van der Waals surface area contributed by atoms with Crippen molar-refractivity contribution in [2.24, 2.45) is 0 Å². The molecule has 2 aliphatic heterocycles. The molecule has 0 saturated carbocycles. The number of fused-ring (bicyclic) bond motifs is 2. The van der Waals surface area contributed by atoms with E-state index in [-0.39, 0.29) is 24.9 Å². The molecule has 3 aromatic carbocycles.